The molecule has 3 saturated heterocycles. The summed E-state index contributed by atoms with van der Waals surface area (Å²) in [6, 6.07) is 16.3. The van der Waals surface area contributed by atoms with Crippen molar-refractivity contribution in [1.82, 2.24) is 10.2 Å². The van der Waals surface area contributed by atoms with Crippen LogP contribution in [0.3, 0.4) is 0 Å². The van der Waals surface area contributed by atoms with Crippen LogP contribution in [-0.2, 0) is 4.74 Å². The largest absolute Gasteiger partial charge is 0.508 e. The first-order valence-corrected chi connectivity index (χ1v) is 9.22. The van der Waals surface area contributed by atoms with Gasteiger partial charge in [0.05, 0.1) is 6.04 Å². The first-order chi connectivity index (χ1) is 12.7. The summed E-state index contributed by atoms with van der Waals surface area (Å²) in [4.78, 5) is 15.0. The lowest BCUT2D eigenvalue weighted by atomic mass is 9.86. The minimum atomic E-state index is -0.402. The summed E-state index contributed by atoms with van der Waals surface area (Å²) in [7, 11) is 0. The van der Waals surface area contributed by atoms with Crippen LogP contribution < -0.4 is 5.32 Å². The number of phenols is 1. The monoisotopic (exact) mass is 352 g/mol. The van der Waals surface area contributed by atoms with Crippen molar-refractivity contribution in [3.8, 4) is 5.75 Å². The predicted molar refractivity (Wildman–Crippen MR) is 99.0 cm³/mol. The van der Waals surface area contributed by atoms with E-state index in [4.69, 9.17) is 4.74 Å². The number of carbonyl (C=O) groups is 1. The average molecular weight is 352 g/mol. The van der Waals surface area contributed by atoms with Crippen LogP contribution >= 0.6 is 0 Å². The highest BCUT2D eigenvalue weighted by Crippen LogP contribution is 2.30. The molecule has 5 nitrogen and oxygen atoms in total. The van der Waals surface area contributed by atoms with Crippen LogP contribution in [0.25, 0.3) is 0 Å². The highest BCUT2D eigenvalue weighted by Gasteiger charge is 2.36. The number of amides is 1. The van der Waals surface area contributed by atoms with E-state index in [9.17, 15) is 9.90 Å². The quantitative estimate of drug-likeness (QED) is 0.886. The molecule has 1 unspecified atom stereocenters. The van der Waals surface area contributed by atoms with Gasteiger partial charge in [-0.15, -0.1) is 0 Å². The van der Waals surface area contributed by atoms with E-state index in [1.165, 1.54) is 0 Å². The second-order valence-corrected chi connectivity index (χ2v) is 7.16. The van der Waals surface area contributed by atoms with E-state index in [2.05, 4.69) is 10.2 Å². The Morgan fingerprint density at radius 2 is 1.81 bits per heavy atom. The van der Waals surface area contributed by atoms with Crippen LogP contribution in [0.15, 0.2) is 54.6 Å². The van der Waals surface area contributed by atoms with E-state index in [1.807, 2.05) is 36.4 Å². The Morgan fingerprint density at radius 3 is 2.46 bits per heavy atom. The molecule has 5 heteroatoms. The molecule has 0 spiro atoms. The molecule has 1 amide bonds. The van der Waals surface area contributed by atoms with E-state index < -0.39 is 6.09 Å². The highest BCUT2D eigenvalue weighted by molar-refractivity contribution is 5.69. The number of piperidine rings is 3. The van der Waals surface area contributed by atoms with Crippen LogP contribution in [0, 0.1) is 5.92 Å². The molecule has 2 aromatic carbocycles. The Bertz CT molecular complexity index is 757. The van der Waals surface area contributed by atoms with Gasteiger partial charge < -0.3 is 15.2 Å². The fourth-order valence-corrected chi connectivity index (χ4v) is 4.04. The minimum absolute atomic E-state index is 0.0295. The Morgan fingerprint density at radius 1 is 1.08 bits per heavy atom. The number of benzene rings is 2. The molecule has 0 aromatic heterocycles. The van der Waals surface area contributed by atoms with E-state index in [1.54, 1.807) is 18.2 Å². The van der Waals surface area contributed by atoms with E-state index in [-0.39, 0.29) is 17.9 Å². The van der Waals surface area contributed by atoms with Gasteiger partial charge in [-0.2, -0.15) is 0 Å². The number of nitrogens with zero attached hydrogens (tertiary/aromatic N) is 1. The minimum Gasteiger partial charge on any atom is -0.508 e. The number of phenolic OH excluding ortho intramolecular Hbond substituents is 1. The molecular formula is C21H24N2O3. The number of hydrogen-bond acceptors (Lipinski definition) is 4. The summed E-state index contributed by atoms with van der Waals surface area (Å²) >= 11 is 0. The Balaban J connectivity index is 1.50. The zero-order valence-electron chi connectivity index (χ0n) is 14.7. The average Bonchev–Trinajstić information content (AvgIpc) is 2.68. The number of alkyl carbamates (subject to hydrolysis) is 1. The van der Waals surface area contributed by atoms with Crippen molar-refractivity contribution < 1.29 is 14.6 Å². The lowest BCUT2D eigenvalue weighted by molar-refractivity contribution is -0.0336. The molecule has 3 heterocycles. The number of rotatable bonds is 4. The lowest BCUT2D eigenvalue weighted by Crippen LogP contribution is -2.52. The van der Waals surface area contributed by atoms with Crippen molar-refractivity contribution in [3.63, 3.8) is 0 Å². The molecule has 5 rings (SSSR count). The smallest absolute Gasteiger partial charge is 0.408 e. The van der Waals surface area contributed by atoms with E-state index >= 15 is 0 Å². The van der Waals surface area contributed by atoms with Crippen LogP contribution in [0.2, 0.25) is 0 Å². The number of carbonyl (C=O) groups excluding carboxylic acids is 1. The van der Waals surface area contributed by atoms with Gasteiger partial charge in [0.15, 0.2) is 0 Å². The van der Waals surface area contributed by atoms with Gasteiger partial charge in [0.25, 0.3) is 0 Å². The number of aromatic hydroxyl groups is 1. The summed E-state index contributed by atoms with van der Waals surface area (Å²) < 4.78 is 5.77. The van der Waals surface area contributed by atoms with Crippen LogP contribution in [0.5, 0.6) is 5.75 Å². The van der Waals surface area contributed by atoms with Crippen molar-refractivity contribution in [1.29, 1.82) is 0 Å². The third-order valence-corrected chi connectivity index (χ3v) is 5.45. The van der Waals surface area contributed by atoms with Gasteiger partial charge >= 0.3 is 6.09 Å². The molecule has 0 aliphatic carbocycles. The van der Waals surface area contributed by atoms with Gasteiger partial charge in [-0.05, 0) is 55.1 Å². The van der Waals surface area contributed by atoms with Gasteiger partial charge in [-0.1, -0.05) is 42.5 Å². The van der Waals surface area contributed by atoms with Crippen LogP contribution in [-0.4, -0.2) is 41.8 Å². The molecule has 0 saturated carbocycles. The maximum absolute atomic E-state index is 12.6. The Kier molecular flexibility index (Phi) is 4.80. The van der Waals surface area contributed by atoms with Crippen molar-refractivity contribution in [2.75, 3.05) is 19.6 Å². The van der Waals surface area contributed by atoms with Gasteiger partial charge in [0.2, 0.25) is 0 Å². The molecule has 2 bridgehead atoms. The summed E-state index contributed by atoms with van der Waals surface area (Å²) in [5.74, 6) is 0.651. The highest BCUT2D eigenvalue weighted by atomic mass is 16.6. The van der Waals surface area contributed by atoms with Crippen LogP contribution in [0.1, 0.15) is 30.0 Å². The van der Waals surface area contributed by atoms with Gasteiger partial charge in [-0.25, -0.2) is 4.79 Å². The zero-order valence-corrected chi connectivity index (χ0v) is 14.7. The number of fused-ring (bicyclic) bond motifs is 3. The molecule has 3 aliphatic rings. The first-order valence-electron chi connectivity index (χ1n) is 9.22. The summed E-state index contributed by atoms with van der Waals surface area (Å²) in [6.07, 6.45) is 1.78. The predicted octanol–water partition coefficient (Wildman–Crippen LogP) is 3.30. The maximum Gasteiger partial charge on any atom is 0.408 e. The number of hydrogen-bond donors (Lipinski definition) is 2. The van der Waals surface area contributed by atoms with Crippen molar-refractivity contribution in [2.24, 2.45) is 5.92 Å². The normalized spacial score (nSPS) is 25.5. The fraction of sp³-hybridized carbons (Fsp3) is 0.381. The molecular weight excluding hydrogens is 328 g/mol. The molecule has 0 radical (unpaired) electrons. The molecule has 3 fully saturated rings. The molecule has 2 aromatic rings. The fourth-order valence-electron chi connectivity index (χ4n) is 4.04. The second-order valence-electron chi connectivity index (χ2n) is 7.16. The first kappa shape index (κ1) is 16.9. The third kappa shape index (κ3) is 3.68. The van der Waals surface area contributed by atoms with Crippen molar-refractivity contribution >= 4 is 6.09 Å². The zero-order chi connectivity index (χ0) is 17.9. The molecule has 2 atom stereocenters. The van der Waals surface area contributed by atoms with Gasteiger partial charge in [-0.3, -0.25) is 4.90 Å². The topological polar surface area (TPSA) is 61.8 Å². The van der Waals surface area contributed by atoms with Crippen molar-refractivity contribution in [2.45, 2.75) is 25.0 Å². The van der Waals surface area contributed by atoms with Crippen LogP contribution in [0.4, 0.5) is 4.79 Å². The lowest BCUT2D eigenvalue weighted by Gasteiger charge is -2.43. The Labute approximate surface area is 153 Å². The second kappa shape index (κ2) is 7.38. The van der Waals surface area contributed by atoms with Crippen molar-refractivity contribution in [3.05, 3.63) is 65.7 Å². The summed E-state index contributed by atoms with van der Waals surface area (Å²) in [5, 5.41) is 12.8. The molecule has 136 valence electrons. The number of nitrogens with one attached hydrogen (secondary N) is 1. The maximum atomic E-state index is 12.6. The SMILES string of the molecule is O=C(NC(c1ccccc1)c1cccc(O)c1)O[C@H]1CN2CCC1CC2. The molecule has 2 N–H and O–H groups in total. The Hall–Kier alpha value is -2.53. The number of ether oxygens (including phenoxy) is 1. The standard InChI is InChI=1S/C21H24N2O3/c24-18-8-4-7-17(13-18)20(16-5-2-1-3-6-16)22-21(25)26-19-14-23-11-9-15(19)10-12-23/h1-8,13,15,19-20,24H,9-12,14H2,(H,22,25)/t19-,20?/m0/s1. The van der Waals surface area contributed by atoms with E-state index in [0.29, 0.717) is 5.92 Å². The molecule has 3 aliphatic heterocycles. The summed E-state index contributed by atoms with van der Waals surface area (Å²) in [5.41, 5.74) is 1.77. The van der Waals surface area contributed by atoms with Gasteiger partial charge in [0.1, 0.15) is 11.9 Å². The van der Waals surface area contributed by atoms with Gasteiger partial charge in [0, 0.05) is 6.54 Å². The summed E-state index contributed by atoms with van der Waals surface area (Å²) in [6.45, 7) is 3.06. The van der Waals surface area contributed by atoms with E-state index in [0.717, 1.165) is 43.6 Å². The third-order valence-electron chi connectivity index (χ3n) is 5.45. The molecule has 26 heavy (non-hydrogen) atoms.